The maximum Gasteiger partial charge on any atom is 0.166 e. The summed E-state index contributed by atoms with van der Waals surface area (Å²) >= 11 is 0. The minimum Gasteiger partial charge on any atom is -0.493 e. The zero-order valence-electron chi connectivity index (χ0n) is 12.8. The van der Waals surface area contributed by atoms with E-state index in [9.17, 15) is 5.11 Å². The standard InChI is InChI=1S/C17H24O4/c1-19-14-6-3-5-13(16(14)20-2)15(18)12-7-10-21-17(11-12)8-4-9-17/h3,5-6,12,15,18H,4,7-11H2,1-2H3. The number of hydrogen-bond acceptors (Lipinski definition) is 4. The van der Waals surface area contributed by atoms with Crippen LogP contribution in [0, 0.1) is 5.92 Å². The fraction of sp³-hybridized carbons (Fsp3) is 0.647. The number of para-hydroxylation sites is 1. The Morgan fingerprint density at radius 1 is 1.29 bits per heavy atom. The molecule has 4 heteroatoms. The SMILES string of the molecule is COc1cccc(C(O)C2CCOC3(CCC3)C2)c1OC. The lowest BCUT2D eigenvalue weighted by atomic mass is 9.70. The summed E-state index contributed by atoms with van der Waals surface area (Å²) in [4.78, 5) is 0. The van der Waals surface area contributed by atoms with E-state index in [2.05, 4.69) is 0 Å². The van der Waals surface area contributed by atoms with Crippen molar-refractivity contribution in [1.82, 2.24) is 0 Å². The molecule has 1 aromatic carbocycles. The second-order valence-corrected chi connectivity index (χ2v) is 6.17. The van der Waals surface area contributed by atoms with Crippen molar-refractivity contribution in [2.75, 3.05) is 20.8 Å². The van der Waals surface area contributed by atoms with Gasteiger partial charge in [-0.05, 0) is 44.1 Å². The molecule has 1 aromatic rings. The third-order valence-electron chi connectivity index (χ3n) is 4.99. The van der Waals surface area contributed by atoms with E-state index in [1.807, 2.05) is 18.2 Å². The summed E-state index contributed by atoms with van der Waals surface area (Å²) in [5.74, 6) is 1.53. The number of hydrogen-bond donors (Lipinski definition) is 1. The molecule has 2 fully saturated rings. The zero-order chi connectivity index (χ0) is 14.9. The predicted molar refractivity (Wildman–Crippen MR) is 79.8 cm³/mol. The number of rotatable bonds is 4. The van der Waals surface area contributed by atoms with Crippen LogP contribution in [0.25, 0.3) is 0 Å². The van der Waals surface area contributed by atoms with E-state index >= 15 is 0 Å². The van der Waals surface area contributed by atoms with E-state index < -0.39 is 6.10 Å². The number of aliphatic hydroxyl groups excluding tert-OH is 1. The Morgan fingerprint density at radius 3 is 2.71 bits per heavy atom. The van der Waals surface area contributed by atoms with Crippen LogP contribution in [0.5, 0.6) is 11.5 Å². The van der Waals surface area contributed by atoms with E-state index in [4.69, 9.17) is 14.2 Å². The summed E-state index contributed by atoms with van der Waals surface area (Å²) in [7, 11) is 3.23. The van der Waals surface area contributed by atoms with Gasteiger partial charge in [-0.15, -0.1) is 0 Å². The van der Waals surface area contributed by atoms with Gasteiger partial charge in [-0.25, -0.2) is 0 Å². The summed E-state index contributed by atoms with van der Waals surface area (Å²) in [5, 5.41) is 10.8. The van der Waals surface area contributed by atoms with Gasteiger partial charge in [0.25, 0.3) is 0 Å². The number of ether oxygens (including phenoxy) is 3. The smallest absolute Gasteiger partial charge is 0.166 e. The molecule has 4 nitrogen and oxygen atoms in total. The van der Waals surface area contributed by atoms with E-state index in [0.717, 1.165) is 37.9 Å². The number of methoxy groups -OCH3 is 2. The van der Waals surface area contributed by atoms with Crippen molar-refractivity contribution in [3.63, 3.8) is 0 Å². The molecule has 2 aliphatic rings. The van der Waals surface area contributed by atoms with Gasteiger partial charge in [-0.1, -0.05) is 12.1 Å². The first kappa shape index (κ1) is 14.7. The minimum absolute atomic E-state index is 0.0377. The fourth-order valence-corrected chi connectivity index (χ4v) is 3.65. The highest BCUT2D eigenvalue weighted by atomic mass is 16.5. The number of benzene rings is 1. The maximum absolute atomic E-state index is 10.8. The molecule has 1 aliphatic heterocycles. The molecule has 2 atom stereocenters. The minimum atomic E-state index is -0.531. The molecule has 21 heavy (non-hydrogen) atoms. The first-order valence-corrected chi connectivity index (χ1v) is 7.72. The van der Waals surface area contributed by atoms with Crippen molar-refractivity contribution >= 4 is 0 Å². The van der Waals surface area contributed by atoms with Crippen LogP contribution < -0.4 is 9.47 Å². The Hall–Kier alpha value is -1.26. The van der Waals surface area contributed by atoms with Gasteiger partial charge in [0.05, 0.1) is 25.9 Å². The van der Waals surface area contributed by atoms with Crippen LogP contribution >= 0.6 is 0 Å². The van der Waals surface area contributed by atoms with Crippen molar-refractivity contribution in [3.05, 3.63) is 23.8 Å². The highest BCUT2D eigenvalue weighted by molar-refractivity contribution is 5.47. The predicted octanol–water partition coefficient (Wildman–Crippen LogP) is 3.09. The third-order valence-corrected chi connectivity index (χ3v) is 4.99. The van der Waals surface area contributed by atoms with Crippen LogP contribution in [0.15, 0.2) is 18.2 Å². The second kappa shape index (κ2) is 5.85. The average molecular weight is 292 g/mol. The summed E-state index contributed by atoms with van der Waals surface area (Å²) in [5.41, 5.74) is 0.855. The number of aliphatic hydroxyl groups is 1. The van der Waals surface area contributed by atoms with Crippen LogP contribution in [0.1, 0.15) is 43.8 Å². The molecule has 0 amide bonds. The normalized spacial score (nSPS) is 25.2. The molecular weight excluding hydrogens is 268 g/mol. The van der Waals surface area contributed by atoms with Gasteiger partial charge in [-0.2, -0.15) is 0 Å². The van der Waals surface area contributed by atoms with Gasteiger partial charge in [0.2, 0.25) is 0 Å². The maximum atomic E-state index is 10.8. The third kappa shape index (κ3) is 2.62. The molecule has 0 bridgehead atoms. The fourth-order valence-electron chi connectivity index (χ4n) is 3.65. The van der Waals surface area contributed by atoms with Crippen molar-refractivity contribution in [2.24, 2.45) is 5.92 Å². The van der Waals surface area contributed by atoms with Crippen LogP contribution in [0.4, 0.5) is 0 Å². The van der Waals surface area contributed by atoms with Crippen molar-refractivity contribution in [3.8, 4) is 11.5 Å². The second-order valence-electron chi connectivity index (χ2n) is 6.17. The van der Waals surface area contributed by atoms with Gasteiger partial charge >= 0.3 is 0 Å². The Balaban J connectivity index is 1.82. The Bertz CT molecular complexity index is 496. The lowest BCUT2D eigenvalue weighted by Gasteiger charge is -2.48. The highest BCUT2D eigenvalue weighted by Crippen LogP contribution is 2.48. The van der Waals surface area contributed by atoms with Crippen molar-refractivity contribution < 1.29 is 19.3 Å². The quantitative estimate of drug-likeness (QED) is 0.926. The first-order valence-electron chi connectivity index (χ1n) is 7.72. The zero-order valence-corrected chi connectivity index (χ0v) is 12.8. The molecule has 1 heterocycles. The molecule has 1 N–H and O–H groups in total. The largest absolute Gasteiger partial charge is 0.493 e. The van der Waals surface area contributed by atoms with Crippen LogP contribution in [-0.4, -0.2) is 31.5 Å². The monoisotopic (exact) mass is 292 g/mol. The van der Waals surface area contributed by atoms with Gasteiger partial charge < -0.3 is 19.3 Å². The first-order chi connectivity index (χ1) is 10.2. The molecule has 2 unspecified atom stereocenters. The summed E-state index contributed by atoms with van der Waals surface area (Å²) in [6, 6.07) is 5.68. The molecule has 1 saturated carbocycles. The van der Waals surface area contributed by atoms with Gasteiger partial charge in [0, 0.05) is 12.2 Å². The summed E-state index contributed by atoms with van der Waals surface area (Å²) in [6.07, 6.45) is 4.80. The van der Waals surface area contributed by atoms with E-state index in [0.29, 0.717) is 11.5 Å². The van der Waals surface area contributed by atoms with Crippen LogP contribution in [0.2, 0.25) is 0 Å². The molecule has 116 valence electrons. The summed E-state index contributed by atoms with van der Waals surface area (Å²) < 4.78 is 16.7. The van der Waals surface area contributed by atoms with Gasteiger partial charge in [-0.3, -0.25) is 0 Å². The lowest BCUT2D eigenvalue weighted by molar-refractivity contribution is -0.157. The summed E-state index contributed by atoms with van der Waals surface area (Å²) in [6.45, 7) is 0.744. The van der Waals surface area contributed by atoms with Gasteiger partial charge in [0.1, 0.15) is 0 Å². The molecule has 1 spiro atoms. The molecule has 0 radical (unpaired) electrons. The van der Waals surface area contributed by atoms with Gasteiger partial charge in [0.15, 0.2) is 11.5 Å². The molecule has 0 aromatic heterocycles. The van der Waals surface area contributed by atoms with Crippen molar-refractivity contribution in [1.29, 1.82) is 0 Å². The molecule has 1 aliphatic carbocycles. The van der Waals surface area contributed by atoms with E-state index in [1.165, 1.54) is 6.42 Å². The Kier molecular flexibility index (Phi) is 4.09. The topological polar surface area (TPSA) is 47.9 Å². The van der Waals surface area contributed by atoms with E-state index in [-0.39, 0.29) is 11.5 Å². The van der Waals surface area contributed by atoms with Crippen LogP contribution in [-0.2, 0) is 4.74 Å². The average Bonchev–Trinajstić information content (AvgIpc) is 2.51. The van der Waals surface area contributed by atoms with Crippen LogP contribution in [0.3, 0.4) is 0 Å². The molecule has 3 rings (SSSR count). The lowest BCUT2D eigenvalue weighted by Crippen LogP contribution is -2.46. The molecular formula is C17H24O4. The van der Waals surface area contributed by atoms with Crippen molar-refractivity contribution in [2.45, 2.75) is 43.8 Å². The molecule has 1 saturated heterocycles. The highest BCUT2D eigenvalue weighted by Gasteiger charge is 2.44. The van der Waals surface area contributed by atoms with E-state index in [1.54, 1.807) is 14.2 Å². The Morgan fingerprint density at radius 2 is 2.10 bits per heavy atom. The Labute approximate surface area is 126 Å².